The summed E-state index contributed by atoms with van der Waals surface area (Å²) in [5, 5.41) is 3.27. The van der Waals surface area contributed by atoms with E-state index in [-0.39, 0.29) is 0 Å². The fourth-order valence-corrected chi connectivity index (χ4v) is 3.21. The van der Waals surface area contributed by atoms with Gasteiger partial charge in [-0.15, -0.1) is 0 Å². The van der Waals surface area contributed by atoms with Crippen molar-refractivity contribution in [1.29, 1.82) is 0 Å². The Hall–Kier alpha value is -1.32. The molecule has 0 spiro atoms. The summed E-state index contributed by atoms with van der Waals surface area (Å²) in [5.74, 6) is 0.919. The predicted molar refractivity (Wildman–Crippen MR) is 95.1 cm³/mol. The van der Waals surface area contributed by atoms with Crippen molar-refractivity contribution in [1.82, 2.24) is 0 Å². The first-order chi connectivity index (χ1) is 10.3. The van der Waals surface area contributed by atoms with E-state index in [0.29, 0.717) is 6.61 Å². The summed E-state index contributed by atoms with van der Waals surface area (Å²) in [7, 11) is 0. The van der Waals surface area contributed by atoms with Crippen LogP contribution < -0.4 is 4.74 Å². The summed E-state index contributed by atoms with van der Waals surface area (Å²) < 4.78 is 7.09. The summed E-state index contributed by atoms with van der Waals surface area (Å²) >= 11 is 7.00. The van der Waals surface area contributed by atoms with Crippen LogP contribution in [-0.4, -0.2) is 0 Å². The van der Waals surface area contributed by atoms with Crippen LogP contribution in [0.15, 0.2) is 65.1 Å². The van der Waals surface area contributed by atoms with Gasteiger partial charge in [0.1, 0.15) is 12.4 Å². The summed E-state index contributed by atoms with van der Waals surface area (Å²) in [6, 6.07) is 20.8. The highest BCUT2D eigenvalue weighted by molar-refractivity contribution is 9.10. The standard InChI is InChI=1S/C18H14Br2O/c19-11-15-10-16(20)8-9-18(15)21-12-14-6-3-5-13-4-1-2-7-17(13)14/h1-10H,11-12H2. The Kier molecular flexibility index (Phi) is 4.61. The van der Waals surface area contributed by atoms with Crippen LogP contribution in [0, 0.1) is 0 Å². The number of benzene rings is 3. The smallest absolute Gasteiger partial charge is 0.123 e. The highest BCUT2D eigenvalue weighted by Crippen LogP contribution is 2.27. The van der Waals surface area contributed by atoms with Gasteiger partial charge in [0.2, 0.25) is 0 Å². The van der Waals surface area contributed by atoms with Gasteiger partial charge in [0.15, 0.2) is 0 Å². The van der Waals surface area contributed by atoms with Gasteiger partial charge in [-0.25, -0.2) is 0 Å². The lowest BCUT2D eigenvalue weighted by molar-refractivity contribution is 0.305. The fraction of sp³-hybridized carbons (Fsp3) is 0.111. The summed E-state index contributed by atoms with van der Waals surface area (Å²) in [6.07, 6.45) is 0. The minimum atomic E-state index is 0.572. The van der Waals surface area contributed by atoms with Crippen LogP contribution in [0.25, 0.3) is 10.8 Å². The summed E-state index contributed by atoms with van der Waals surface area (Å²) in [4.78, 5) is 0. The Labute approximate surface area is 141 Å². The maximum Gasteiger partial charge on any atom is 0.123 e. The molecule has 0 saturated carbocycles. The predicted octanol–water partition coefficient (Wildman–Crippen LogP) is 6.08. The zero-order chi connectivity index (χ0) is 14.7. The second-order valence-electron chi connectivity index (χ2n) is 4.81. The zero-order valence-corrected chi connectivity index (χ0v) is 14.5. The number of hydrogen-bond acceptors (Lipinski definition) is 1. The van der Waals surface area contributed by atoms with Crippen LogP contribution in [0.5, 0.6) is 5.75 Å². The molecule has 0 saturated heterocycles. The van der Waals surface area contributed by atoms with Crippen molar-refractivity contribution in [3.63, 3.8) is 0 Å². The fourth-order valence-electron chi connectivity index (χ4n) is 2.37. The maximum atomic E-state index is 6.03. The molecule has 0 heterocycles. The van der Waals surface area contributed by atoms with Gasteiger partial charge in [-0.2, -0.15) is 0 Å². The normalized spacial score (nSPS) is 10.8. The molecule has 0 N–H and O–H groups in total. The lowest BCUT2D eigenvalue weighted by atomic mass is 10.1. The van der Waals surface area contributed by atoms with E-state index in [4.69, 9.17) is 4.74 Å². The monoisotopic (exact) mass is 404 g/mol. The molecule has 0 aliphatic carbocycles. The second kappa shape index (κ2) is 6.63. The molecule has 3 aromatic carbocycles. The topological polar surface area (TPSA) is 9.23 Å². The van der Waals surface area contributed by atoms with E-state index in [9.17, 15) is 0 Å². The van der Waals surface area contributed by atoms with Crippen molar-refractivity contribution in [2.45, 2.75) is 11.9 Å². The molecule has 0 aliphatic heterocycles. The Bertz CT molecular complexity index is 763. The first-order valence-electron chi connectivity index (χ1n) is 6.72. The van der Waals surface area contributed by atoms with E-state index in [1.165, 1.54) is 16.3 Å². The molecule has 0 unspecified atom stereocenters. The van der Waals surface area contributed by atoms with Gasteiger partial charge in [0, 0.05) is 15.4 Å². The Morgan fingerprint density at radius 1 is 0.857 bits per heavy atom. The Balaban J connectivity index is 1.87. The minimum absolute atomic E-state index is 0.572. The van der Waals surface area contributed by atoms with Crippen LogP contribution >= 0.6 is 31.9 Å². The molecular weight excluding hydrogens is 392 g/mol. The molecule has 1 nitrogen and oxygen atoms in total. The number of halogens is 2. The van der Waals surface area contributed by atoms with Crippen LogP contribution in [0.2, 0.25) is 0 Å². The van der Waals surface area contributed by atoms with E-state index < -0.39 is 0 Å². The highest BCUT2D eigenvalue weighted by Gasteiger charge is 2.06. The number of alkyl halides is 1. The van der Waals surface area contributed by atoms with E-state index in [1.54, 1.807) is 0 Å². The van der Waals surface area contributed by atoms with Crippen molar-refractivity contribution < 1.29 is 4.74 Å². The highest BCUT2D eigenvalue weighted by atomic mass is 79.9. The SMILES string of the molecule is BrCc1cc(Br)ccc1OCc1cccc2ccccc12. The van der Waals surface area contributed by atoms with Crippen LogP contribution in [0.3, 0.4) is 0 Å². The van der Waals surface area contributed by atoms with Crippen LogP contribution in [-0.2, 0) is 11.9 Å². The van der Waals surface area contributed by atoms with Gasteiger partial charge >= 0.3 is 0 Å². The molecule has 3 heteroatoms. The van der Waals surface area contributed by atoms with E-state index >= 15 is 0 Å². The van der Waals surface area contributed by atoms with Gasteiger partial charge in [0.25, 0.3) is 0 Å². The Morgan fingerprint density at radius 3 is 2.52 bits per heavy atom. The third kappa shape index (κ3) is 3.30. The largest absolute Gasteiger partial charge is 0.489 e. The van der Waals surface area contributed by atoms with Gasteiger partial charge in [-0.3, -0.25) is 0 Å². The average molecular weight is 406 g/mol. The molecule has 0 aliphatic rings. The van der Waals surface area contributed by atoms with E-state index in [2.05, 4.69) is 80.4 Å². The van der Waals surface area contributed by atoms with Crippen molar-refractivity contribution in [3.8, 4) is 5.75 Å². The van der Waals surface area contributed by atoms with Gasteiger partial charge in [-0.05, 0) is 34.5 Å². The van der Waals surface area contributed by atoms with Crippen molar-refractivity contribution in [2.75, 3.05) is 0 Å². The first-order valence-corrected chi connectivity index (χ1v) is 8.63. The third-order valence-corrected chi connectivity index (χ3v) is 4.53. The van der Waals surface area contributed by atoms with Crippen molar-refractivity contribution in [2.24, 2.45) is 0 Å². The molecule has 3 aromatic rings. The van der Waals surface area contributed by atoms with Crippen molar-refractivity contribution >= 4 is 42.6 Å². The van der Waals surface area contributed by atoms with Gasteiger partial charge in [0.05, 0.1) is 0 Å². The molecule has 21 heavy (non-hydrogen) atoms. The zero-order valence-electron chi connectivity index (χ0n) is 11.4. The molecular formula is C18H14Br2O. The van der Waals surface area contributed by atoms with E-state index in [1.807, 2.05) is 12.1 Å². The van der Waals surface area contributed by atoms with Crippen molar-refractivity contribution in [3.05, 3.63) is 76.3 Å². The second-order valence-corrected chi connectivity index (χ2v) is 6.29. The molecule has 0 radical (unpaired) electrons. The molecule has 3 rings (SSSR count). The molecule has 106 valence electrons. The van der Waals surface area contributed by atoms with Crippen LogP contribution in [0.1, 0.15) is 11.1 Å². The lowest BCUT2D eigenvalue weighted by Crippen LogP contribution is -1.98. The maximum absolute atomic E-state index is 6.03. The first kappa shape index (κ1) is 14.6. The van der Waals surface area contributed by atoms with Gasteiger partial charge in [-0.1, -0.05) is 74.3 Å². The quantitative estimate of drug-likeness (QED) is 0.478. The average Bonchev–Trinajstić information content (AvgIpc) is 2.53. The Morgan fingerprint density at radius 2 is 1.67 bits per heavy atom. The van der Waals surface area contributed by atoms with Crippen LogP contribution in [0.4, 0.5) is 0 Å². The third-order valence-electron chi connectivity index (χ3n) is 3.43. The molecule has 0 atom stereocenters. The number of hydrogen-bond donors (Lipinski definition) is 0. The summed E-state index contributed by atoms with van der Waals surface area (Å²) in [6.45, 7) is 0.572. The number of fused-ring (bicyclic) bond motifs is 1. The number of rotatable bonds is 4. The van der Waals surface area contributed by atoms with E-state index in [0.717, 1.165) is 21.1 Å². The number of ether oxygens (including phenoxy) is 1. The lowest BCUT2D eigenvalue weighted by Gasteiger charge is -2.12. The molecule has 0 bridgehead atoms. The molecule has 0 amide bonds. The minimum Gasteiger partial charge on any atom is -0.489 e. The molecule has 0 aromatic heterocycles. The van der Waals surface area contributed by atoms with Gasteiger partial charge < -0.3 is 4.74 Å². The molecule has 0 fully saturated rings. The summed E-state index contributed by atoms with van der Waals surface area (Å²) in [5.41, 5.74) is 2.35.